The number of aromatic nitrogens is 2. The molecule has 4 nitrogen and oxygen atoms in total. The van der Waals surface area contributed by atoms with E-state index in [1.165, 1.54) is 24.3 Å². The summed E-state index contributed by atoms with van der Waals surface area (Å²) in [6.45, 7) is 0. The van der Waals surface area contributed by atoms with Gasteiger partial charge in [0.2, 0.25) is 5.88 Å². The molecule has 0 bridgehead atoms. The van der Waals surface area contributed by atoms with Crippen LogP contribution in [0.15, 0.2) is 36.4 Å². The van der Waals surface area contributed by atoms with Gasteiger partial charge in [0.1, 0.15) is 11.5 Å². The highest BCUT2D eigenvalue weighted by Crippen LogP contribution is 2.28. The number of hydrogen-bond acceptors (Lipinski definition) is 4. The maximum Gasteiger partial charge on any atom is 0.435 e. The molecule has 0 spiro atoms. The second kappa shape index (κ2) is 4.52. The molecular formula is C11H7F3N2O2. The fraction of sp³-hybridized carbons (Fsp3) is 0.0909. The lowest BCUT2D eigenvalue weighted by Crippen LogP contribution is -2.08. The summed E-state index contributed by atoms with van der Waals surface area (Å²) in [6, 6.07) is 7.52. The van der Waals surface area contributed by atoms with Crippen LogP contribution in [0.25, 0.3) is 0 Å². The molecule has 7 heteroatoms. The zero-order chi connectivity index (χ0) is 13.2. The normalized spacial score (nSPS) is 11.3. The van der Waals surface area contributed by atoms with E-state index in [0.717, 1.165) is 12.1 Å². The summed E-state index contributed by atoms with van der Waals surface area (Å²) in [7, 11) is 0. The first-order valence-electron chi connectivity index (χ1n) is 4.83. The first kappa shape index (κ1) is 12.2. The standard InChI is InChI=1S/C11H7F3N2O2/c12-11(13,14)9-5-6-10(16-15-9)18-8-3-1-7(17)2-4-8/h1-6,17H. The van der Waals surface area contributed by atoms with E-state index in [0.29, 0.717) is 5.75 Å². The van der Waals surface area contributed by atoms with Gasteiger partial charge < -0.3 is 9.84 Å². The Balaban J connectivity index is 2.13. The maximum absolute atomic E-state index is 12.2. The number of halogens is 3. The van der Waals surface area contributed by atoms with Gasteiger partial charge in [-0.3, -0.25) is 0 Å². The molecule has 2 rings (SSSR count). The number of phenols is 1. The summed E-state index contributed by atoms with van der Waals surface area (Å²) >= 11 is 0. The molecule has 0 unspecified atom stereocenters. The summed E-state index contributed by atoms with van der Waals surface area (Å²) in [4.78, 5) is 0. The molecule has 94 valence electrons. The van der Waals surface area contributed by atoms with Gasteiger partial charge in [0.25, 0.3) is 0 Å². The third-order valence-corrected chi connectivity index (χ3v) is 1.99. The largest absolute Gasteiger partial charge is 0.508 e. The van der Waals surface area contributed by atoms with Crippen LogP contribution in [0.1, 0.15) is 5.69 Å². The van der Waals surface area contributed by atoms with Crippen LogP contribution in [0.4, 0.5) is 13.2 Å². The van der Waals surface area contributed by atoms with Gasteiger partial charge in [0.15, 0.2) is 5.69 Å². The van der Waals surface area contributed by atoms with Crippen molar-refractivity contribution in [3.8, 4) is 17.4 Å². The number of nitrogens with zero attached hydrogens (tertiary/aromatic N) is 2. The van der Waals surface area contributed by atoms with Crippen molar-refractivity contribution in [2.24, 2.45) is 0 Å². The Morgan fingerprint density at radius 3 is 2.11 bits per heavy atom. The first-order valence-corrected chi connectivity index (χ1v) is 4.83. The van der Waals surface area contributed by atoms with Crippen molar-refractivity contribution >= 4 is 0 Å². The monoisotopic (exact) mass is 256 g/mol. The van der Waals surface area contributed by atoms with Gasteiger partial charge >= 0.3 is 6.18 Å². The van der Waals surface area contributed by atoms with E-state index in [1.807, 2.05) is 0 Å². The van der Waals surface area contributed by atoms with Crippen LogP contribution in [0.2, 0.25) is 0 Å². The van der Waals surface area contributed by atoms with Crippen LogP contribution >= 0.6 is 0 Å². The molecule has 0 amide bonds. The van der Waals surface area contributed by atoms with Gasteiger partial charge in [0.05, 0.1) is 0 Å². The molecule has 0 aliphatic rings. The minimum absolute atomic E-state index is 0.0563. The van der Waals surface area contributed by atoms with Gasteiger partial charge in [-0.1, -0.05) is 0 Å². The molecule has 0 saturated carbocycles. The third kappa shape index (κ3) is 2.88. The third-order valence-electron chi connectivity index (χ3n) is 1.99. The fourth-order valence-electron chi connectivity index (χ4n) is 1.16. The summed E-state index contributed by atoms with van der Waals surface area (Å²) in [5, 5.41) is 15.4. The second-order valence-electron chi connectivity index (χ2n) is 3.35. The highest BCUT2D eigenvalue weighted by molar-refractivity contribution is 5.32. The first-order chi connectivity index (χ1) is 8.45. The van der Waals surface area contributed by atoms with Crippen molar-refractivity contribution < 1.29 is 23.0 Å². The molecule has 0 radical (unpaired) electrons. The second-order valence-corrected chi connectivity index (χ2v) is 3.35. The summed E-state index contributed by atoms with van der Waals surface area (Å²) < 4.78 is 41.8. The van der Waals surface area contributed by atoms with E-state index in [-0.39, 0.29) is 11.6 Å². The highest BCUT2D eigenvalue weighted by atomic mass is 19.4. The van der Waals surface area contributed by atoms with Crippen molar-refractivity contribution in [3.63, 3.8) is 0 Å². The molecule has 1 aromatic carbocycles. The number of aromatic hydroxyl groups is 1. The molecular weight excluding hydrogens is 249 g/mol. The zero-order valence-corrected chi connectivity index (χ0v) is 8.85. The van der Waals surface area contributed by atoms with E-state index in [9.17, 15) is 13.2 Å². The van der Waals surface area contributed by atoms with Gasteiger partial charge in [-0.15, -0.1) is 10.2 Å². The molecule has 1 aromatic heterocycles. The topological polar surface area (TPSA) is 55.2 Å². The molecule has 1 N–H and O–H groups in total. The van der Waals surface area contributed by atoms with Crippen LogP contribution in [-0.4, -0.2) is 15.3 Å². The molecule has 2 aromatic rings. The minimum atomic E-state index is -4.52. The predicted molar refractivity (Wildman–Crippen MR) is 55.2 cm³/mol. The minimum Gasteiger partial charge on any atom is -0.508 e. The van der Waals surface area contributed by atoms with Crippen molar-refractivity contribution in [1.29, 1.82) is 0 Å². The van der Waals surface area contributed by atoms with Crippen molar-refractivity contribution in [2.45, 2.75) is 6.18 Å². The molecule has 0 fully saturated rings. The Morgan fingerprint density at radius 1 is 0.944 bits per heavy atom. The van der Waals surface area contributed by atoms with Gasteiger partial charge in [-0.05, 0) is 30.3 Å². The molecule has 0 atom stereocenters. The quantitative estimate of drug-likeness (QED) is 0.897. The average Bonchev–Trinajstić information content (AvgIpc) is 2.32. The Bertz CT molecular complexity index is 523. The van der Waals surface area contributed by atoms with Crippen molar-refractivity contribution in [2.75, 3.05) is 0 Å². The molecule has 18 heavy (non-hydrogen) atoms. The van der Waals surface area contributed by atoms with Crippen LogP contribution in [-0.2, 0) is 6.18 Å². The van der Waals surface area contributed by atoms with Crippen molar-refractivity contribution in [1.82, 2.24) is 10.2 Å². The zero-order valence-electron chi connectivity index (χ0n) is 8.85. The number of hydrogen-bond donors (Lipinski definition) is 1. The van der Waals surface area contributed by atoms with Crippen LogP contribution < -0.4 is 4.74 Å². The predicted octanol–water partition coefficient (Wildman–Crippen LogP) is 2.99. The fourth-order valence-corrected chi connectivity index (χ4v) is 1.16. The van der Waals surface area contributed by atoms with Gasteiger partial charge in [-0.2, -0.15) is 13.2 Å². The Labute approximate surface area is 99.7 Å². The number of alkyl halides is 3. The smallest absolute Gasteiger partial charge is 0.435 e. The highest BCUT2D eigenvalue weighted by Gasteiger charge is 2.32. The average molecular weight is 256 g/mol. The molecule has 1 heterocycles. The van der Waals surface area contributed by atoms with Gasteiger partial charge in [-0.25, -0.2) is 0 Å². The summed E-state index contributed by atoms with van der Waals surface area (Å²) in [6.07, 6.45) is -4.52. The summed E-state index contributed by atoms with van der Waals surface area (Å²) in [5.74, 6) is 0.330. The lowest BCUT2D eigenvalue weighted by molar-refractivity contribution is -0.141. The van der Waals surface area contributed by atoms with E-state index in [4.69, 9.17) is 9.84 Å². The Morgan fingerprint density at radius 2 is 1.61 bits per heavy atom. The SMILES string of the molecule is Oc1ccc(Oc2ccc(C(F)(F)F)nn2)cc1. The van der Waals surface area contributed by atoms with E-state index < -0.39 is 11.9 Å². The molecule has 0 saturated heterocycles. The van der Waals surface area contributed by atoms with Crippen molar-refractivity contribution in [3.05, 3.63) is 42.1 Å². The van der Waals surface area contributed by atoms with Crippen LogP contribution in [0.3, 0.4) is 0 Å². The van der Waals surface area contributed by atoms with Crippen LogP contribution in [0.5, 0.6) is 17.4 Å². The Hall–Kier alpha value is -2.31. The Kier molecular flexibility index (Phi) is 3.05. The number of ether oxygens (including phenoxy) is 1. The number of benzene rings is 1. The van der Waals surface area contributed by atoms with E-state index in [1.54, 1.807) is 0 Å². The van der Waals surface area contributed by atoms with Crippen LogP contribution in [0, 0.1) is 0 Å². The number of rotatable bonds is 2. The molecule has 0 aliphatic heterocycles. The summed E-state index contributed by atoms with van der Waals surface area (Å²) in [5.41, 5.74) is -1.08. The lowest BCUT2D eigenvalue weighted by Gasteiger charge is -2.06. The maximum atomic E-state index is 12.2. The van der Waals surface area contributed by atoms with E-state index >= 15 is 0 Å². The van der Waals surface area contributed by atoms with E-state index in [2.05, 4.69) is 10.2 Å². The number of phenolic OH excluding ortho intramolecular Hbond substituents is 1. The molecule has 0 aliphatic carbocycles. The van der Waals surface area contributed by atoms with Gasteiger partial charge in [0, 0.05) is 6.07 Å². The lowest BCUT2D eigenvalue weighted by atomic mass is 10.3.